The van der Waals surface area contributed by atoms with Gasteiger partial charge in [0.1, 0.15) is 11.5 Å². The average Bonchev–Trinajstić information content (AvgIpc) is 3.52. The Morgan fingerprint density at radius 3 is 1.39 bits per heavy atom. The van der Waals surface area contributed by atoms with Crippen LogP contribution in [0.15, 0.2) is 170 Å². The molecule has 0 atom stereocenters. The number of para-hydroxylation sites is 6. The molecule has 0 bridgehead atoms. The SMILES string of the molecule is c1ccc2c(c1)Cc1ccccc1N2c1ccc2c(c1)Oc1cc(N3c4ccccc4Oc4ccccc43)ccc1C21c2cccnc2-c2ncccc21. The van der Waals surface area contributed by atoms with Gasteiger partial charge in [-0.25, -0.2) is 0 Å². The molecule has 0 saturated heterocycles. The minimum absolute atomic E-state index is 0.703. The van der Waals surface area contributed by atoms with Crippen LogP contribution >= 0.6 is 0 Å². The summed E-state index contributed by atoms with van der Waals surface area (Å²) in [6.45, 7) is 0. The first-order valence-electron chi connectivity index (χ1n) is 18.3. The van der Waals surface area contributed by atoms with Crippen molar-refractivity contribution >= 4 is 34.1 Å². The van der Waals surface area contributed by atoms with Crippen molar-refractivity contribution in [2.24, 2.45) is 0 Å². The van der Waals surface area contributed by atoms with Crippen molar-refractivity contribution in [1.29, 1.82) is 0 Å². The molecule has 0 saturated carbocycles. The zero-order valence-electron chi connectivity index (χ0n) is 29.0. The Morgan fingerprint density at radius 2 is 0.852 bits per heavy atom. The fraction of sp³-hybridized carbons (Fsp3) is 0.0417. The molecule has 54 heavy (non-hydrogen) atoms. The Morgan fingerprint density at radius 1 is 0.407 bits per heavy atom. The summed E-state index contributed by atoms with van der Waals surface area (Å²) in [4.78, 5) is 14.5. The Labute approximate surface area is 312 Å². The molecule has 0 amide bonds. The highest BCUT2D eigenvalue weighted by Crippen LogP contribution is 2.63. The first-order chi connectivity index (χ1) is 26.8. The molecule has 2 aromatic heterocycles. The van der Waals surface area contributed by atoms with Crippen molar-refractivity contribution in [3.05, 3.63) is 203 Å². The molecule has 3 aliphatic heterocycles. The Hall–Kier alpha value is -7.18. The molecule has 8 aromatic rings. The zero-order chi connectivity index (χ0) is 35.4. The molecule has 1 aliphatic carbocycles. The topological polar surface area (TPSA) is 50.7 Å². The molecule has 254 valence electrons. The molecule has 5 heterocycles. The number of ether oxygens (including phenoxy) is 2. The second kappa shape index (κ2) is 10.9. The third-order valence-corrected chi connectivity index (χ3v) is 11.4. The van der Waals surface area contributed by atoms with Gasteiger partial charge in [-0.1, -0.05) is 84.9 Å². The van der Waals surface area contributed by atoms with Gasteiger partial charge >= 0.3 is 0 Å². The lowest BCUT2D eigenvalue weighted by molar-refractivity contribution is 0.436. The maximum absolute atomic E-state index is 7.18. The van der Waals surface area contributed by atoms with Crippen LogP contribution in [-0.2, 0) is 11.8 Å². The minimum Gasteiger partial charge on any atom is -0.457 e. The van der Waals surface area contributed by atoms with Gasteiger partial charge in [0.05, 0.1) is 33.9 Å². The summed E-state index contributed by atoms with van der Waals surface area (Å²) in [6, 6.07) is 55.6. The van der Waals surface area contributed by atoms with Gasteiger partial charge in [0, 0.05) is 59.1 Å². The van der Waals surface area contributed by atoms with Gasteiger partial charge in [-0.3, -0.25) is 9.97 Å². The van der Waals surface area contributed by atoms with Gasteiger partial charge in [0.2, 0.25) is 0 Å². The Balaban J connectivity index is 1.11. The molecule has 1 spiro atoms. The van der Waals surface area contributed by atoms with Crippen LogP contribution in [0.3, 0.4) is 0 Å². The van der Waals surface area contributed by atoms with Crippen LogP contribution < -0.4 is 19.3 Å². The van der Waals surface area contributed by atoms with E-state index in [9.17, 15) is 0 Å². The number of hydrogen-bond acceptors (Lipinski definition) is 6. The van der Waals surface area contributed by atoms with Crippen LogP contribution in [0.1, 0.15) is 33.4 Å². The van der Waals surface area contributed by atoms with E-state index in [0.717, 1.165) is 85.8 Å². The molecular weight excluding hydrogens is 665 g/mol. The largest absolute Gasteiger partial charge is 0.457 e. The van der Waals surface area contributed by atoms with E-state index < -0.39 is 5.41 Å². The Kier molecular flexibility index (Phi) is 5.94. The standard InChI is InChI=1S/C48H30N4O2/c1-3-15-38-30(11-1)27-31-12-2-4-16-39(31)51(38)32-21-23-34-44(28-32)54-45-29-33(52-40-17-5-7-19-42(40)53-43-20-8-6-18-41(43)52)22-24-35(45)48(34)36-13-9-25-49-46(36)47-37(48)14-10-26-50-47/h1-26,28-29H,27H2. The summed E-state index contributed by atoms with van der Waals surface area (Å²) in [5.41, 5.74) is 14.3. The number of anilines is 6. The van der Waals surface area contributed by atoms with E-state index in [2.05, 4.69) is 119 Å². The second-order valence-electron chi connectivity index (χ2n) is 14.2. The van der Waals surface area contributed by atoms with Crippen molar-refractivity contribution < 1.29 is 9.47 Å². The summed E-state index contributed by atoms with van der Waals surface area (Å²) >= 11 is 0. The fourth-order valence-corrected chi connectivity index (χ4v) is 9.22. The van der Waals surface area contributed by atoms with Crippen LogP contribution in [0, 0.1) is 0 Å². The lowest BCUT2D eigenvalue weighted by Gasteiger charge is -2.41. The second-order valence-corrected chi connectivity index (χ2v) is 14.2. The highest BCUT2D eigenvalue weighted by Gasteiger charge is 2.52. The van der Waals surface area contributed by atoms with Gasteiger partial charge in [-0.2, -0.15) is 0 Å². The summed E-state index contributed by atoms with van der Waals surface area (Å²) in [6.07, 6.45) is 4.62. The number of aromatic nitrogens is 2. The lowest BCUT2D eigenvalue weighted by atomic mass is 9.66. The molecule has 6 aromatic carbocycles. The molecular formula is C48H30N4O2. The average molecular weight is 695 g/mol. The number of hydrogen-bond donors (Lipinski definition) is 0. The number of nitrogens with zero attached hydrogens (tertiary/aromatic N) is 4. The minimum atomic E-state index is -0.703. The van der Waals surface area contributed by atoms with Gasteiger partial charge < -0.3 is 19.3 Å². The van der Waals surface area contributed by atoms with E-state index in [4.69, 9.17) is 19.4 Å². The van der Waals surface area contributed by atoms with E-state index in [1.54, 1.807) is 0 Å². The third kappa shape index (κ3) is 3.89. The molecule has 6 heteroatoms. The van der Waals surface area contributed by atoms with Gasteiger partial charge in [0.15, 0.2) is 11.5 Å². The maximum atomic E-state index is 7.18. The predicted octanol–water partition coefficient (Wildman–Crippen LogP) is 11.9. The molecule has 0 unspecified atom stereocenters. The van der Waals surface area contributed by atoms with Gasteiger partial charge in [0.25, 0.3) is 0 Å². The molecule has 4 aliphatic rings. The quantitative estimate of drug-likeness (QED) is 0.180. The lowest BCUT2D eigenvalue weighted by Crippen LogP contribution is -2.32. The number of benzene rings is 6. The summed E-state index contributed by atoms with van der Waals surface area (Å²) in [5, 5.41) is 0. The molecule has 6 nitrogen and oxygen atoms in total. The van der Waals surface area contributed by atoms with E-state index in [1.807, 2.05) is 60.9 Å². The first-order valence-corrected chi connectivity index (χ1v) is 18.3. The highest BCUT2D eigenvalue weighted by atomic mass is 16.5. The summed E-state index contributed by atoms with van der Waals surface area (Å²) < 4.78 is 13.6. The molecule has 0 fully saturated rings. The smallest absolute Gasteiger partial charge is 0.151 e. The van der Waals surface area contributed by atoms with Crippen molar-refractivity contribution in [1.82, 2.24) is 9.97 Å². The van der Waals surface area contributed by atoms with Gasteiger partial charge in [-0.15, -0.1) is 0 Å². The van der Waals surface area contributed by atoms with Crippen LogP contribution in [-0.4, -0.2) is 9.97 Å². The normalized spacial score (nSPS) is 14.6. The van der Waals surface area contributed by atoms with Crippen LogP contribution in [0.4, 0.5) is 34.1 Å². The first kappa shape index (κ1) is 29.4. The van der Waals surface area contributed by atoms with Crippen LogP contribution in [0.5, 0.6) is 23.0 Å². The molecule has 0 radical (unpaired) electrons. The predicted molar refractivity (Wildman–Crippen MR) is 212 cm³/mol. The maximum Gasteiger partial charge on any atom is 0.151 e. The summed E-state index contributed by atoms with van der Waals surface area (Å²) in [7, 11) is 0. The van der Waals surface area contributed by atoms with E-state index in [-0.39, 0.29) is 0 Å². The Bertz CT molecular complexity index is 2580. The number of rotatable bonds is 2. The molecule has 12 rings (SSSR count). The highest BCUT2D eigenvalue weighted by molar-refractivity contribution is 5.90. The monoisotopic (exact) mass is 694 g/mol. The van der Waals surface area contributed by atoms with Crippen LogP contribution in [0.2, 0.25) is 0 Å². The van der Waals surface area contributed by atoms with E-state index in [0.29, 0.717) is 0 Å². The van der Waals surface area contributed by atoms with E-state index in [1.165, 1.54) is 22.5 Å². The fourth-order valence-electron chi connectivity index (χ4n) is 9.22. The summed E-state index contributed by atoms with van der Waals surface area (Å²) in [5.74, 6) is 3.19. The van der Waals surface area contributed by atoms with Crippen molar-refractivity contribution in [2.45, 2.75) is 11.8 Å². The van der Waals surface area contributed by atoms with Crippen LogP contribution in [0.25, 0.3) is 11.4 Å². The molecule has 0 N–H and O–H groups in total. The van der Waals surface area contributed by atoms with Crippen molar-refractivity contribution in [2.75, 3.05) is 9.80 Å². The third-order valence-electron chi connectivity index (χ3n) is 11.4. The number of fused-ring (bicyclic) bond motifs is 13. The number of pyridine rings is 2. The zero-order valence-corrected chi connectivity index (χ0v) is 29.0. The van der Waals surface area contributed by atoms with Gasteiger partial charge in [-0.05, 0) is 82.9 Å². The van der Waals surface area contributed by atoms with Crippen molar-refractivity contribution in [3.63, 3.8) is 0 Å². The van der Waals surface area contributed by atoms with E-state index >= 15 is 0 Å². The van der Waals surface area contributed by atoms with Crippen molar-refractivity contribution in [3.8, 4) is 34.4 Å².